The van der Waals surface area contributed by atoms with Crippen LogP contribution in [0.25, 0.3) is 10.9 Å². The average Bonchev–Trinajstić information content (AvgIpc) is 2.59. The van der Waals surface area contributed by atoms with E-state index in [1.54, 1.807) is 13.8 Å². The number of fused-ring (bicyclic) bond motifs is 3. The van der Waals surface area contributed by atoms with Gasteiger partial charge in [-0.05, 0) is 19.9 Å². The number of rotatable bonds is 4. The highest BCUT2D eigenvalue weighted by molar-refractivity contribution is 5.94. The number of alkyl halides is 9. The minimum Gasteiger partial charge on any atom is -0.481 e. The summed E-state index contributed by atoms with van der Waals surface area (Å²) in [6.45, 7) is 0.546. The topological polar surface area (TPSA) is 31.4 Å². The zero-order chi connectivity index (χ0) is 25.0. The van der Waals surface area contributed by atoms with Crippen molar-refractivity contribution in [2.75, 3.05) is 20.2 Å². The summed E-state index contributed by atoms with van der Waals surface area (Å²) in [6, 6.07) is 0.936. The van der Waals surface area contributed by atoms with Gasteiger partial charge in [0.25, 0.3) is 0 Å². The van der Waals surface area contributed by atoms with E-state index in [1.165, 1.54) is 0 Å². The molecule has 1 aliphatic heterocycles. The molecule has 2 unspecified atom stereocenters. The van der Waals surface area contributed by atoms with Crippen molar-refractivity contribution in [2.24, 2.45) is 0 Å². The Morgan fingerprint density at radius 2 is 1.70 bits per heavy atom. The number of halogens is 9. The second-order valence-corrected chi connectivity index (χ2v) is 8.31. The monoisotopic (exact) mass is 491 g/mol. The Kier molecular flexibility index (Phi) is 6.18. The number of quaternary nitrogens is 1. The van der Waals surface area contributed by atoms with Gasteiger partial charge in [0.2, 0.25) is 5.88 Å². The second kappa shape index (κ2) is 8.10. The number of aromatic nitrogens is 1. The fourth-order valence-corrected chi connectivity index (χ4v) is 3.99. The first-order valence-corrected chi connectivity index (χ1v) is 9.74. The molecule has 1 aromatic heterocycles. The second-order valence-electron chi connectivity index (χ2n) is 8.31. The maximum Gasteiger partial charge on any atom is 0.438 e. The highest BCUT2D eigenvalue weighted by Gasteiger charge is 2.53. The summed E-state index contributed by atoms with van der Waals surface area (Å²) >= 11 is 0. The molecule has 0 bridgehead atoms. The third kappa shape index (κ3) is 5.39. The number of nitrogens with zero attached hydrogens (tertiary/aromatic N) is 2. The Morgan fingerprint density at radius 1 is 1.06 bits per heavy atom. The van der Waals surface area contributed by atoms with Crippen LogP contribution < -0.4 is 14.0 Å². The number of ether oxygens (including phenoxy) is 2. The molecule has 33 heavy (non-hydrogen) atoms. The van der Waals surface area contributed by atoms with E-state index in [0.717, 1.165) is 19.2 Å². The van der Waals surface area contributed by atoms with E-state index in [2.05, 4.69) is 4.98 Å². The number of hydrogen-bond acceptors (Lipinski definition) is 3. The number of hydrogen-bond donors (Lipinski definition) is 0. The van der Waals surface area contributed by atoms with Crippen molar-refractivity contribution in [3.8, 4) is 11.6 Å². The molecule has 0 amide bonds. The fraction of sp³-hybridized carbons (Fsp3) is 0.550. The van der Waals surface area contributed by atoms with Crippen LogP contribution in [0.5, 0.6) is 11.6 Å². The van der Waals surface area contributed by atoms with E-state index < -0.39 is 77.1 Å². The van der Waals surface area contributed by atoms with Gasteiger partial charge in [-0.15, -0.1) is 0 Å². The first-order chi connectivity index (χ1) is 14.9. The summed E-state index contributed by atoms with van der Waals surface area (Å²) < 4.78 is 130. The van der Waals surface area contributed by atoms with Gasteiger partial charge in [0.05, 0.1) is 36.0 Å². The Hall–Kier alpha value is -2.44. The molecule has 2 atom stereocenters. The van der Waals surface area contributed by atoms with E-state index in [9.17, 15) is 39.5 Å². The Labute approximate surface area is 182 Å². The van der Waals surface area contributed by atoms with Crippen LogP contribution in [0.3, 0.4) is 0 Å². The van der Waals surface area contributed by atoms with E-state index in [1.807, 2.05) is 0 Å². The van der Waals surface area contributed by atoms with Crippen LogP contribution in [-0.4, -0.2) is 49.7 Å². The van der Waals surface area contributed by atoms with E-state index >= 15 is 0 Å². The van der Waals surface area contributed by atoms with Gasteiger partial charge in [-0.1, -0.05) is 0 Å². The summed E-state index contributed by atoms with van der Waals surface area (Å²) in [7, 11) is 0.911. The Balaban J connectivity index is 2.29. The van der Waals surface area contributed by atoms with Crippen LogP contribution in [0.4, 0.5) is 45.2 Å². The lowest BCUT2D eigenvalue weighted by atomic mass is 10.00. The van der Waals surface area contributed by atoms with Gasteiger partial charge in [-0.25, -0.2) is 4.98 Å². The summed E-state index contributed by atoms with van der Waals surface area (Å²) in [4.78, 5) is 3.99. The zero-order valence-corrected chi connectivity index (χ0v) is 17.6. The summed E-state index contributed by atoms with van der Waals surface area (Å²) in [5.74, 6) is -0.934. The maximum absolute atomic E-state index is 13.9. The van der Waals surface area contributed by atoms with Gasteiger partial charge in [-0.3, -0.25) is 4.48 Å². The largest absolute Gasteiger partial charge is 0.481 e. The molecule has 0 spiro atoms. The van der Waals surface area contributed by atoms with Gasteiger partial charge in [-0.2, -0.15) is 39.5 Å². The lowest BCUT2D eigenvalue weighted by Crippen LogP contribution is -2.62. The molecule has 0 aliphatic carbocycles. The SMILES string of the molecule is CC(C)Oc1cc(C(F)(F)F)c2c3c(ccc2n1)[N+](C)(CC(F)(F)F)C(CC(F)(F)F)CO3. The highest BCUT2D eigenvalue weighted by atomic mass is 19.4. The number of pyridine rings is 1. The van der Waals surface area contributed by atoms with E-state index in [-0.39, 0.29) is 11.4 Å². The molecule has 0 fully saturated rings. The normalized spacial score (nSPS) is 21.8. The number of likely N-dealkylation sites (N-methyl/N-ethyl adjacent to an activating group) is 1. The Morgan fingerprint density at radius 3 is 2.21 bits per heavy atom. The highest BCUT2D eigenvalue weighted by Crippen LogP contribution is 2.50. The minimum absolute atomic E-state index is 0.271. The average molecular weight is 491 g/mol. The van der Waals surface area contributed by atoms with Crippen molar-refractivity contribution in [1.29, 1.82) is 0 Å². The predicted molar refractivity (Wildman–Crippen MR) is 101 cm³/mol. The van der Waals surface area contributed by atoms with Gasteiger partial charge in [0.1, 0.15) is 12.6 Å². The fourth-order valence-electron chi connectivity index (χ4n) is 3.99. The van der Waals surface area contributed by atoms with Gasteiger partial charge >= 0.3 is 18.5 Å². The van der Waals surface area contributed by atoms with Crippen molar-refractivity contribution in [1.82, 2.24) is 9.47 Å². The smallest absolute Gasteiger partial charge is 0.438 e. The molecular formula is C20H20F9N2O2+. The third-order valence-corrected chi connectivity index (χ3v) is 5.30. The summed E-state index contributed by atoms with van der Waals surface area (Å²) in [5.41, 5.74) is -1.98. The first kappa shape index (κ1) is 25.2. The molecule has 1 aromatic carbocycles. The standard InChI is InChI=1S/C20H20F9N2O2/c1-10(2)33-15-6-12(20(27,28)29)16-13(30-15)4-5-14-17(16)32-8-11(7-18(21,22)23)31(14,3)9-19(24,25)26/h4-6,10-11H,7-9H2,1-3H3/q+1. The lowest BCUT2D eigenvalue weighted by molar-refractivity contribution is -0.171. The molecule has 184 valence electrons. The first-order valence-electron chi connectivity index (χ1n) is 9.74. The molecule has 0 radical (unpaired) electrons. The van der Waals surface area contributed by atoms with Gasteiger partial charge in [0.15, 0.2) is 18.0 Å². The molecule has 4 nitrogen and oxygen atoms in total. The van der Waals surface area contributed by atoms with Crippen LogP contribution in [0, 0.1) is 0 Å². The number of benzene rings is 1. The third-order valence-electron chi connectivity index (χ3n) is 5.30. The quantitative estimate of drug-likeness (QED) is 0.374. The van der Waals surface area contributed by atoms with Gasteiger partial charge < -0.3 is 9.47 Å². The molecule has 0 N–H and O–H groups in total. The van der Waals surface area contributed by atoms with Crippen molar-refractivity contribution in [2.45, 2.75) is 50.9 Å². The molecule has 0 saturated heterocycles. The van der Waals surface area contributed by atoms with Crippen LogP contribution in [0.2, 0.25) is 0 Å². The summed E-state index contributed by atoms with van der Waals surface area (Å²) in [5, 5.41) is -0.631. The van der Waals surface area contributed by atoms with Crippen LogP contribution in [0.15, 0.2) is 18.2 Å². The van der Waals surface area contributed by atoms with E-state index in [4.69, 9.17) is 9.47 Å². The van der Waals surface area contributed by atoms with Crippen molar-refractivity contribution in [3.63, 3.8) is 0 Å². The van der Waals surface area contributed by atoms with Crippen LogP contribution >= 0.6 is 0 Å². The lowest BCUT2D eigenvalue weighted by Gasteiger charge is -2.45. The van der Waals surface area contributed by atoms with Crippen molar-refractivity contribution in [3.05, 3.63) is 23.8 Å². The minimum atomic E-state index is -4.97. The molecule has 13 heteroatoms. The van der Waals surface area contributed by atoms with E-state index in [0.29, 0.717) is 6.07 Å². The molecule has 1 aliphatic rings. The van der Waals surface area contributed by atoms with Gasteiger partial charge in [0, 0.05) is 12.1 Å². The van der Waals surface area contributed by atoms with Crippen LogP contribution in [-0.2, 0) is 6.18 Å². The molecule has 0 saturated carbocycles. The molecular weight excluding hydrogens is 471 g/mol. The predicted octanol–water partition coefficient (Wildman–Crippen LogP) is 6.25. The Bertz CT molecular complexity index is 1030. The maximum atomic E-state index is 13.9. The van der Waals surface area contributed by atoms with Crippen molar-refractivity contribution >= 4 is 16.6 Å². The summed E-state index contributed by atoms with van der Waals surface area (Å²) in [6.07, 6.45) is -16.8. The molecule has 2 heterocycles. The van der Waals surface area contributed by atoms with Crippen molar-refractivity contribution < 1.29 is 49.0 Å². The molecule has 2 aromatic rings. The molecule has 3 rings (SSSR count). The zero-order valence-electron chi connectivity index (χ0n) is 17.6. The van der Waals surface area contributed by atoms with Crippen LogP contribution in [0.1, 0.15) is 25.8 Å².